The number of hydrogen-bond acceptors (Lipinski definition) is 4. The largest absolute Gasteiger partial charge is 0.356 e. The summed E-state index contributed by atoms with van der Waals surface area (Å²) in [5, 5.41) is 5.49. The molecule has 0 aliphatic carbocycles. The molecule has 1 aliphatic heterocycles. The number of nitrogens with zero attached hydrogens (tertiary/aromatic N) is 1. The molecule has 6 nitrogen and oxygen atoms in total. The van der Waals surface area contributed by atoms with Crippen LogP contribution in [0, 0.1) is 0 Å². The van der Waals surface area contributed by atoms with Gasteiger partial charge in [-0.05, 0) is 13.5 Å². The van der Waals surface area contributed by atoms with Gasteiger partial charge in [-0.25, -0.2) is 0 Å². The van der Waals surface area contributed by atoms with Crippen LogP contribution in [0.25, 0.3) is 0 Å². The fourth-order valence-electron chi connectivity index (χ4n) is 1.71. The molecule has 6 heteroatoms. The smallest absolute Gasteiger partial charge is 0.246 e. The molecule has 0 aromatic rings. The van der Waals surface area contributed by atoms with Crippen LogP contribution in [-0.4, -0.2) is 48.8 Å². The zero-order valence-electron chi connectivity index (χ0n) is 10.3. The standard InChI is InChI=1S/C11H19N3O3/c1-3-5-13-9(15)4-6-14-10(16)7-8(12-2)11(14)17/h8,12H,3-7H2,1-2H3,(H,13,15). The summed E-state index contributed by atoms with van der Waals surface area (Å²) in [5.74, 6) is -0.571. The molecule has 0 saturated carbocycles. The molecule has 1 saturated heterocycles. The zero-order valence-corrected chi connectivity index (χ0v) is 10.3. The van der Waals surface area contributed by atoms with E-state index in [1.54, 1.807) is 7.05 Å². The molecule has 0 aromatic carbocycles. The van der Waals surface area contributed by atoms with Crippen LogP contribution in [-0.2, 0) is 14.4 Å². The molecule has 1 fully saturated rings. The summed E-state index contributed by atoms with van der Waals surface area (Å²) < 4.78 is 0. The van der Waals surface area contributed by atoms with E-state index in [1.165, 1.54) is 0 Å². The molecule has 1 unspecified atom stereocenters. The van der Waals surface area contributed by atoms with Gasteiger partial charge in [0.05, 0.1) is 12.5 Å². The molecule has 17 heavy (non-hydrogen) atoms. The number of likely N-dealkylation sites (tertiary alicyclic amines) is 1. The molecule has 2 N–H and O–H groups in total. The predicted molar refractivity (Wildman–Crippen MR) is 62.1 cm³/mol. The fraction of sp³-hybridized carbons (Fsp3) is 0.727. The minimum absolute atomic E-state index is 0.125. The first-order valence-corrected chi connectivity index (χ1v) is 5.88. The van der Waals surface area contributed by atoms with Crippen molar-refractivity contribution in [1.82, 2.24) is 15.5 Å². The summed E-state index contributed by atoms with van der Waals surface area (Å²) in [6, 6.07) is -0.429. The van der Waals surface area contributed by atoms with Crippen molar-refractivity contribution < 1.29 is 14.4 Å². The van der Waals surface area contributed by atoms with Gasteiger partial charge in [-0.1, -0.05) is 6.92 Å². The van der Waals surface area contributed by atoms with Gasteiger partial charge in [0, 0.05) is 19.5 Å². The first-order valence-electron chi connectivity index (χ1n) is 5.88. The van der Waals surface area contributed by atoms with E-state index in [0.717, 1.165) is 11.3 Å². The van der Waals surface area contributed by atoms with Gasteiger partial charge in [0.25, 0.3) is 0 Å². The van der Waals surface area contributed by atoms with Crippen LogP contribution in [0.2, 0.25) is 0 Å². The van der Waals surface area contributed by atoms with Crippen molar-refractivity contribution in [3.63, 3.8) is 0 Å². The first kappa shape index (κ1) is 13.6. The number of rotatable bonds is 6. The van der Waals surface area contributed by atoms with Crippen LogP contribution in [0.3, 0.4) is 0 Å². The maximum Gasteiger partial charge on any atom is 0.246 e. The topological polar surface area (TPSA) is 78.5 Å². The zero-order chi connectivity index (χ0) is 12.8. The summed E-state index contributed by atoms with van der Waals surface area (Å²) in [6.45, 7) is 2.76. The summed E-state index contributed by atoms with van der Waals surface area (Å²) in [5.41, 5.74) is 0. The van der Waals surface area contributed by atoms with E-state index in [9.17, 15) is 14.4 Å². The maximum atomic E-state index is 11.7. The first-order chi connectivity index (χ1) is 8.10. The number of imide groups is 1. The number of likely N-dealkylation sites (N-methyl/N-ethyl adjacent to an activating group) is 1. The average molecular weight is 241 g/mol. The van der Waals surface area contributed by atoms with Crippen molar-refractivity contribution in [2.24, 2.45) is 0 Å². The third kappa shape index (κ3) is 3.52. The summed E-state index contributed by atoms with van der Waals surface area (Å²) >= 11 is 0. The molecule has 96 valence electrons. The van der Waals surface area contributed by atoms with Gasteiger partial charge in [0.1, 0.15) is 0 Å². The van der Waals surface area contributed by atoms with E-state index < -0.39 is 6.04 Å². The number of hydrogen-bond donors (Lipinski definition) is 2. The second kappa shape index (κ2) is 6.34. The molecular weight excluding hydrogens is 222 g/mol. The minimum Gasteiger partial charge on any atom is -0.356 e. The molecular formula is C11H19N3O3. The maximum absolute atomic E-state index is 11.7. The Morgan fingerprint density at radius 1 is 1.47 bits per heavy atom. The van der Waals surface area contributed by atoms with Crippen LogP contribution >= 0.6 is 0 Å². The summed E-state index contributed by atoms with van der Waals surface area (Å²) in [6.07, 6.45) is 1.23. The van der Waals surface area contributed by atoms with Crippen molar-refractivity contribution in [2.75, 3.05) is 20.1 Å². The predicted octanol–water partition coefficient (Wildman–Crippen LogP) is -0.750. The van der Waals surface area contributed by atoms with Crippen molar-refractivity contribution in [1.29, 1.82) is 0 Å². The van der Waals surface area contributed by atoms with E-state index in [0.29, 0.717) is 6.54 Å². The van der Waals surface area contributed by atoms with E-state index in [-0.39, 0.29) is 37.1 Å². The fourth-order valence-corrected chi connectivity index (χ4v) is 1.71. The monoisotopic (exact) mass is 241 g/mol. The Balaban J connectivity index is 2.39. The van der Waals surface area contributed by atoms with Gasteiger partial charge in [0.15, 0.2) is 0 Å². The average Bonchev–Trinajstić information content (AvgIpc) is 2.59. The summed E-state index contributed by atoms with van der Waals surface area (Å²) in [7, 11) is 1.65. The molecule has 0 bridgehead atoms. The quantitative estimate of drug-likeness (QED) is 0.600. The highest BCUT2D eigenvalue weighted by molar-refractivity contribution is 6.05. The molecule has 3 amide bonds. The second-order valence-corrected chi connectivity index (χ2v) is 4.03. The van der Waals surface area contributed by atoms with Crippen LogP contribution < -0.4 is 10.6 Å². The number of nitrogens with one attached hydrogen (secondary N) is 2. The van der Waals surface area contributed by atoms with Crippen molar-refractivity contribution in [3.8, 4) is 0 Å². The highest BCUT2D eigenvalue weighted by Crippen LogP contribution is 2.12. The van der Waals surface area contributed by atoms with Gasteiger partial charge in [-0.15, -0.1) is 0 Å². The molecule has 0 radical (unpaired) electrons. The SMILES string of the molecule is CCCNC(=O)CCN1C(=O)CC(NC)C1=O. The Labute approximate surface area is 101 Å². The van der Waals surface area contributed by atoms with Gasteiger partial charge < -0.3 is 10.6 Å². The summed E-state index contributed by atoms with van der Waals surface area (Å²) in [4.78, 5) is 35.7. The van der Waals surface area contributed by atoms with E-state index in [4.69, 9.17) is 0 Å². The Kier molecular flexibility index (Phi) is 5.09. The van der Waals surface area contributed by atoms with Gasteiger partial charge in [0.2, 0.25) is 17.7 Å². The van der Waals surface area contributed by atoms with Crippen LogP contribution in [0.5, 0.6) is 0 Å². The van der Waals surface area contributed by atoms with Crippen LogP contribution in [0.1, 0.15) is 26.2 Å². The lowest BCUT2D eigenvalue weighted by atomic mass is 10.2. The highest BCUT2D eigenvalue weighted by atomic mass is 16.2. The molecule has 1 aliphatic rings. The normalized spacial score (nSPS) is 19.9. The molecule has 1 atom stereocenters. The Hall–Kier alpha value is -1.43. The van der Waals surface area contributed by atoms with E-state index in [1.807, 2.05) is 6.92 Å². The second-order valence-electron chi connectivity index (χ2n) is 4.03. The third-order valence-corrected chi connectivity index (χ3v) is 2.73. The molecule has 0 spiro atoms. The van der Waals surface area contributed by atoms with E-state index >= 15 is 0 Å². The lowest BCUT2D eigenvalue weighted by Gasteiger charge is -2.14. The van der Waals surface area contributed by atoms with Crippen molar-refractivity contribution >= 4 is 17.7 Å². The van der Waals surface area contributed by atoms with Crippen molar-refractivity contribution in [3.05, 3.63) is 0 Å². The van der Waals surface area contributed by atoms with Gasteiger partial charge >= 0.3 is 0 Å². The van der Waals surface area contributed by atoms with Crippen molar-refractivity contribution in [2.45, 2.75) is 32.2 Å². The van der Waals surface area contributed by atoms with Gasteiger partial charge in [-0.2, -0.15) is 0 Å². The molecule has 1 heterocycles. The van der Waals surface area contributed by atoms with Gasteiger partial charge in [-0.3, -0.25) is 19.3 Å². The van der Waals surface area contributed by atoms with E-state index in [2.05, 4.69) is 10.6 Å². The Bertz CT molecular complexity index is 317. The molecule has 1 rings (SSSR count). The third-order valence-electron chi connectivity index (χ3n) is 2.73. The lowest BCUT2D eigenvalue weighted by Crippen LogP contribution is -2.39. The lowest BCUT2D eigenvalue weighted by molar-refractivity contribution is -0.139. The number of carbonyl (C=O) groups is 3. The Morgan fingerprint density at radius 3 is 2.71 bits per heavy atom. The Morgan fingerprint density at radius 2 is 2.18 bits per heavy atom. The number of amides is 3. The number of carbonyl (C=O) groups excluding carboxylic acids is 3. The van der Waals surface area contributed by atoms with Crippen LogP contribution in [0.4, 0.5) is 0 Å². The molecule has 0 aromatic heterocycles. The highest BCUT2D eigenvalue weighted by Gasteiger charge is 2.37. The van der Waals surface area contributed by atoms with Crippen LogP contribution in [0.15, 0.2) is 0 Å². The minimum atomic E-state index is -0.429.